The molecule has 0 atom stereocenters. The lowest BCUT2D eigenvalue weighted by Crippen LogP contribution is -2.32. The van der Waals surface area contributed by atoms with E-state index >= 15 is 0 Å². The molecule has 8 heteroatoms. The van der Waals surface area contributed by atoms with Gasteiger partial charge in [0, 0.05) is 34.5 Å². The molecule has 0 radical (unpaired) electrons. The Bertz CT molecular complexity index is 1170. The molecule has 1 spiro atoms. The summed E-state index contributed by atoms with van der Waals surface area (Å²) in [5, 5.41) is 22.2. The lowest BCUT2D eigenvalue weighted by Gasteiger charge is -2.36. The van der Waals surface area contributed by atoms with E-state index in [1.54, 1.807) is 24.3 Å². The zero-order valence-electron chi connectivity index (χ0n) is 14.8. The lowest BCUT2D eigenvalue weighted by molar-refractivity contribution is 0.0224. The third kappa shape index (κ3) is 2.32. The highest BCUT2D eigenvalue weighted by Crippen LogP contribution is 2.57. The molecule has 0 unspecified atom stereocenters. The van der Waals surface area contributed by atoms with Crippen molar-refractivity contribution in [2.45, 2.75) is 5.60 Å². The third-order valence-electron chi connectivity index (χ3n) is 5.04. The number of carbonyl (C=O) groups is 2. The van der Waals surface area contributed by atoms with Crippen LogP contribution in [0.1, 0.15) is 27.0 Å². The van der Waals surface area contributed by atoms with Crippen LogP contribution in [0.2, 0.25) is 0 Å². The number of phenolic OH excluding ortho intramolecular Hbond substituents is 2. The highest BCUT2D eigenvalue weighted by Gasteiger charge is 2.53. The molecule has 0 saturated carbocycles. The number of esters is 1. The summed E-state index contributed by atoms with van der Waals surface area (Å²) in [4.78, 5) is 24.0. The molecule has 144 valence electrons. The fraction of sp³-hybridized carbons (Fsp3) is 0.0476. The summed E-state index contributed by atoms with van der Waals surface area (Å²) in [6.07, 6.45) is 0. The first-order valence-corrected chi connectivity index (χ1v) is 8.67. The standard InChI is InChI=1S/C21H14N2O6/c22-20(27)23-10-1-4-14-13(7-10)19(26)29-21(14)15-5-2-11(24)8-17(15)28-18-9-12(25)3-6-16(18)21/h1-9,24-25H,(H3,22,23,27). The van der Waals surface area contributed by atoms with E-state index in [0.717, 1.165) is 0 Å². The predicted molar refractivity (Wildman–Crippen MR) is 101 cm³/mol. The van der Waals surface area contributed by atoms with E-state index in [4.69, 9.17) is 15.2 Å². The second-order valence-corrected chi connectivity index (χ2v) is 6.78. The maximum Gasteiger partial charge on any atom is 0.340 e. The highest BCUT2D eigenvalue weighted by molar-refractivity contribution is 5.99. The summed E-state index contributed by atoms with van der Waals surface area (Å²) in [7, 11) is 0. The minimum atomic E-state index is -1.33. The molecule has 2 heterocycles. The van der Waals surface area contributed by atoms with Crippen molar-refractivity contribution < 1.29 is 29.3 Å². The van der Waals surface area contributed by atoms with Crippen molar-refractivity contribution in [1.82, 2.24) is 0 Å². The van der Waals surface area contributed by atoms with Gasteiger partial charge in [-0.3, -0.25) is 0 Å². The van der Waals surface area contributed by atoms with Crippen LogP contribution in [0, 0.1) is 0 Å². The van der Waals surface area contributed by atoms with Gasteiger partial charge in [0.1, 0.15) is 23.0 Å². The third-order valence-corrected chi connectivity index (χ3v) is 5.04. The maximum atomic E-state index is 12.8. The number of amides is 2. The lowest BCUT2D eigenvalue weighted by atomic mass is 9.77. The van der Waals surface area contributed by atoms with Crippen LogP contribution in [0.15, 0.2) is 54.6 Å². The molecular weight excluding hydrogens is 376 g/mol. The number of primary amides is 1. The van der Waals surface area contributed by atoms with Gasteiger partial charge < -0.3 is 30.7 Å². The molecule has 8 nitrogen and oxygen atoms in total. The van der Waals surface area contributed by atoms with E-state index in [1.165, 1.54) is 30.3 Å². The van der Waals surface area contributed by atoms with Crippen LogP contribution in [0.5, 0.6) is 23.0 Å². The number of rotatable bonds is 1. The van der Waals surface area contributed by atoms with E-state index in [1.807, 2.05) is 0 Å². The van der Waals surface area contributed by atoms with Crippen molar-refractivity contribution in [1.29, 1.82) is 0 Å². The summed E-state index contributed by atoms with van der Waals surface area (Å²) >= 11 is 0. The van der Waals surface area contributed by atoms with Gasteiger partial charge in [0.2, 0.25) is 0 Å². The molecule has 2 amide bonds. The van der Waals surface area contributed by atoms with Crippen LogP contribution in [-0.4, -0.2) is 22.2 Å². The SMILES string of the molecule is NC(=O)Nc1ccc2c(c1)C(=O)OC21c2ccc(O)cc2Oc2cc(O)ccc21. The Balaban J connectivity index is 1.81. The van der Waals surface area contributed by atoms with Gasteiger partial charge in [-0.2, -0.15) is 0 Å². The first-order chi connectivity index (χ1) is 13.9. The number of urea groups is 1. The highest BCUT2D eigenvalue weighted by atomic mass is 16.6. The number of hydrogen-bond donors (Lipinski definition) is 4. The van der Waals surface area contributed by atoms with Gasteiger partial charge in [-0.05, 0) is 36.4 Å². The Morgan fingerprint density at radius 1 is 0.897 bits per heavy atom. The van der Waals surface area contributed by atoms with Crippen LogP contribution >= 0.6 is 0 Å². The summed E-state index contributed by atoms with van der Waals surface area (Å²) < 4.78 is 11.8. The second kappa shape index (κ2) is 5.65. The quantitative estimate of drug-likeness (QED) is 0.472. The zero-order chi connectivity index (χ0) is 20.3. The number of ether oxygens (including phenoxy) is 2. The minimum absolute atomic E-state index is 0.0203. The van der Waals surface area contributed by atoms with Crippen molar-refractivity contribution >= 4 is 17.7 Å². The van der Waals surface area contributed by atoms with Crippen molar-refractivity contribution in [2.24, 2.45) is 5.73 Å². The van der Waals surface area contributed by atoms with E-state index < -0.39 is 17.6 Å². The van der Waals surface area contributed by atoms with Crippen LogP contribution in [0.3, 0.4) is 0 Å². The van der Waals surface area contributed by atoms with Crippen molar-refractivity contribution in [3.05, 3.63) is 76.9 Å². The Kier molecular flexibility index (Phi) is 3.30. The largest absolute Gasteiger partial charge is 0.508 e. The van der Waals surface area contributed by atoms with Crippen molar-refractivity contribution in [3.63, 3.8) is 0 Å². The molecule has 5 rings (SSSR count). The fourth-order valence-electron chi connectivity index (χ4n) is 3.93. The molecule has 2 aliphatic rings. The maximum absolute atomic E-state index is 12.8. The molecule has 29 heavy (non-hydrogen) atoms. The Morgan fingerprint density at radius 2 is 1.48 bits per heavy atom. The van der Waals surface area contributed by atoms with E-state index in [0.29, 0.717) is 33.9 Å². The summed E-state index contributed by atoms with van der Waals surface area (Å²) in [5.74, 6) is -0.0413. The molecule has 0 bridgehead atoms. The van der Waals surface area contributed by atoms with Crippen LogP contribution in [0.4, 0.5) is 10.5 Å². The average Bonchev–Trinajstić information content (AvgIpc) is 2.93. The molecule has 2 aliphatic heterocycles. The Hall–Kier alpha value is -4.20. The first kappa shape index (κ1) is 16.9. The number of nitrogens with two attached hydrogens (primary N) is 1. The number of nitrogens with one attached hydrogen (secondary N) is 1. The summed E-state index contributed by atoms with van der Waals surface area (Å²) in [6, 6.07) is 13.1. The smallest absolute Gasteiger partial charge is 0.340 e. The minimum Gasteiger partial charge on any atom is -0.508 e. The first-order valence-electron chi connectivity index (χ1n) is 8.67. The van der Waals surface area contributed by atoms with Gasteiger partial charge in [-0.25, -0.2) is 9.59 Å². The van der Waals surface area contributed by atoms with Crippen LogP contribution in [0.25, 0.3) is 0 Å². The second-order valence-electron chi connectivity index (χ2n) is 6.78. The Labute approximate surface area is 164 Å². The number of anilines is 1. The normalized spacial score (nSPS) is 15.0. The zero-order valence-corrected chi connectivity index (χ0v) is 14.8. The number of benzene rings is 3. The van der Waals surface area contributed by atoms with Gasteiger partial charge in [0.25, 0.3) is 0 Å². The Morgan fingerprint density at radius 3 is 2.07 bits per heavy atom. The topological polar surface area (TPSA) is 131 Å². The number of fused-ring (bicyclic) bond motifs is 6. The molecule has 5 N–H and O–H groups in total. The van der Waals surface area contributed by atoms with Crippen LogP contribution < -0.4 is 15.8 Å². The monoisotopic (exact) mass is 390 g/mol. The molecule has 3 aromatic carbocycles. The summed E-state index contributed by atoms with van der Waals surface area (Å²) in [5.41, 5.74) is 6.04. The number of phenols is 2. The summed E-state index contributed by atoms with van der Waals surface area (Å²) in [6.45, 7) is 0. The van der Waals surface area contributed by atoms with Crippen molar-refractivity contribution in [2.75, 3.05) is 5.32 Å². The number of aromatic hydroxyl groups is 2. The average molecular weight is 390 g/mol. The molecule has 0 fully saturated rings. The van der Waals surface area contributed by atoms with Gasteiger partial charge in [0.15, 0.2) is 5.60 Å². The molecule has 0 aromatic heterocycles. The van der Waals surface area contributed by atoms with Gasteiger partial charge in [0.05, 0.1) is 5.56 Å². The molecular formula is C21H14N2O6. The molecule has 0 aliphatic carbocycles. The van der Waals surface area contributed by atoms with E-state index in [9.17, 15) is 19.8 Å². The fourth-order valence-corrected chi connectivity index (χ4v) is 3.93. The van der Waals surface area contributed by atoms with Gasteiger partial charge >= 0.3 is 12.0 Å². The molecule has 3 aromatic rings. The van der Waals surface area contributed by atoms with Gasteiger partial charge in [-0.1, -0.05) is 6.07 Å². The number of carbonyl (C=O) groups excluding carboxylic acids is 2. The predicted octanol–water partition coefficient (Wildman–Crippen LogP) is 3.16. The molecule has 0 saturated heterocycles. The van der Waals surface area contributed by atoms with E-state index in [-0.39, 0.29) is 17.1 Å². The number of hydrogen-bond acceptors (Lipinski definition) is 6. The van der Waals surface area contributed by atoms with Gasteiger partial charge in [-0.15, -0.1) is 0 Å². The van der Waals surface area contributed by atoms with E-state index in [2.05, 4.69) is 5.32 Å². The van der Waals surface area contributed by atoms with Crippen LogP contribution in [-0.2, 0) is 10.3 Å². The van der Waals surface area contributed by atoms with Crippen molar-refractivity contribution in [3.8, 4) is 23.0 Å².